The molecule has 0 spiro atoms. The number of fused-ring (bicyclic) bond motifs is 1. The van der Waals surface area contributed by atoms with Crippen LogP contribution < -0.4 is 33.8 Å². The molecule has 5 rings (SSSR count). The van der Waals surface area contributed by atoms with Gasteiger partial charge >= 0.3 is 11.9 Å². The third-order valence-corrected chi connectivity index (χ3v) is 8.29. The fourth-order valence-electron chi connectivity index (χ4n) is 5.09. The van der Waals surface area contributed by atoms with Crippen LogP contribution in [0.5, 0.6) is 23.0 Å². The quantitative estimate of drug-likeness (QED) is 0.240. The van der Waals surface area contributed by atoms with Crippen molar-refractivity contribution in [3.8, 4) is 23.0 Å². The van der Waals surface area contributed by atoms with Crippen molar-refractivity contribution >= 4 is 29.4 Å². The van der Waals surface area contributed by atoms with Gasteiger partial charge in [-0.25, -0.2) is 14.6 Å². The van der Waals surface area contributed by atoms with Gasteiger partial charge in [0.1, 0.15) is 12.4 Å². The molecule has 238 valence electrons. The molecular formula is C34H32N2O9S. The molecule has 2 heterocycles. The number of carboxylic acids is 1. The summed E-state index contributed by atoms with van der Waals surface area (Å²) in [5, 5.41) is 9.07. The molecule has 1 N–H and O–H groups in total. The number of ether oxygens (including phenoxy) is 5. The fourth-order valence-corrected chi connectivity index (χ4v) is 6.13. The largest absolute Gasteiger partial charge is 0.493 e. The summed E-state index contributed by atoms with van der Waals surface area (Å²) in [6.07, 6.45) is 1.76. The lowest BCUT2D eigenvalue weighted by molar-refractivity contribution is -0.139. The van der Waals surface area contributed by atoms with Gasteiger partial charge in [0.05, 0.1) is 55.3 Å². The Hall–Kier alpha value is -5.36. The van der Waals surface area contributed by atoms with Gasteiger partial charge in [-0.1, -0.05) is 35.6 Å². The van der Waals surface area contributed by atoms with Crippen molar-refractivity contribution in [2.24, 2.45) is 4.99 Å². The Kier molecular flexibility index (Phi) is 9.57. The van der Waals surface area contributed by atoms with E-state index in [1.807, 2.05) is 12.1 Å². The molecule has 0 saturated heterocycles. The molecule has 4 aromatic rings. The van der Waals surface area contributed by atoms with E-state index in [0.717, 1.165) is 11.1 Å². The van der Waals surface area contributed by atoms with Gasteiger partial charge in [0.2, 0.25) is 5.75 Å². The summed E-state index contributed by atoms with van der Waals surface area (Å²) in [5.41, 5.74) is 2.68. The summed E-state index contributed by atoms with van der Waals surface area (Å²) in [5.74, 6) is 0.167. The minimum atomic E-state index is -0.984. The number of methoxy groups -OCH3 is 3. The first-order valence-electron chi connectivity index (χ1n) is 14.2. The van der Waals surface area contributed by atoms with E-state index in [1.54, 1.807) is 56.3 Å². The number of hydrogen-bond donors (Lipinski definition) is 1. The molecule has 1 atom stereocenters. The standard InChI is InChI=1S/C34H32N2O9S/c1-6-44-33(40)28-19(2)35-34-36(29(28)23-16-25(41-3)30(43-5)26(17-23)42-4)31(37)27(46-34)15-20-9-13-24(14-10-20)45-18-21-7-11-22(12-8-21)32(38)39/h7-17,29H,6,18H2,1-5H3,(H,38,39). The Morgan fingerprint density at radius 3 is 2.20 bits per heavy atom. The number of rotatable bonds is 11. The summed E-state index contributed by atoms with van der Waals surface area (Å²) in [4.78, 5) is 43.4. The molecule has 0 radical (unpaired) electrons. The second-order valence-electron chi connectivity index (χ2n) is 10.1. The van der Waals surface area contributed by atoms with E-state index >= 15 is 0 Å². The number of hydrogen-bond acceptors (Lipinski definition) is 10. The number of carbonyl (C=O) groups excluding carboxylic acids is 1. The van der Waals surface area contributed by atoms with Crippen molar-refractivity contribution in [2.45, 2.75) is 26.5 Å². The van der Waals surface area contributed by atoms with Gasteiger partial charge < -0.3 is 28.8 Å². The van der Waals surface area contributed by atoms with Crippen LogP contribution in [-0.4, -0.2) is 49.5 Å². The first kappa shape index (κ1) is 32.0. The van der Waals surface area contributed by atoms with Crippen LogP contribution >= 0.6 is 11.3 Å². The molecule has 1 unspecified atom stereocenters. The third-order valence-electron chi connectivity index (χ3n) is 7.30. The predicted molar refractivity (Wildman–Crippen MR) is 171 cm³/mol. The maximum absolute atomic E-state index is 14.0. The molecule has 1 aliphatic rings. The molecule has 1 aliphatic heterocycles. The second kappa shape index (κ2) is 13.7. The lowest BCUT2D eigenvalue weighted by Crippen LogP contribution is -2.40. The molecular weight excluding hydrogens is 612 g/mol. The van der Waals surface area contributed by atoms with Crippen molar-refractivity contribution in [1.29, 1.82) is 0 Å². The first-order chi connectivity index (χ1) is 22.2. The second-order valence-corrected chi connectivity index (χ2v) is 11.1. The number of allylic oxidation sites excluding steroid dienone is 1. The number of aromatic nitrogens is 1. The number of carboxylic acid groups (broad SMARTS) is 1. The zero-order valence-corrected chi connectivity index (χ0v) is 26.7. The Morgan fingerprint density at radius 1 is 0.978 bits per heavy atom. The Balaban J connectivity index is 1.51. The number of nitrogens with zero attached hydrogens (tertiary/aromatic N) is 2. The van der Waals surface area contributed by atoms with Gasteiger partial charge in [-0.05, 0) is 73.0 Å². The zero-order valence-electron chi connectivity index (χ0n) is 25.9. The number of esters is 1. The molecule has 0 saturated carbocycles. The van der Waals surface area contributed by atoms with E-state index in [1.165, 1.54) is 49.4 Å². The normalized spacial score (nSPS) is 14.3. The lowest BCUT2D eigenvalue weighted by atomic mass is 9.95. The highest BCUT2D eigenvalue weighted by Crippen LogP contribution is 2.42. The molecule has 0 amide bonds. The fraction of sp³-hybridized carbons (Fsp3) is 0.235. The summed E-state index contributed by atoms with van der Waals surface area (Å²) < 4.78 is 29.8. The Bertz CT molecular complexity index is 1970. The minimum Gasteiger partial charge on any atom is -0.493 e. The molecule has 1 aromatic heterocycles. The van der Waals surface area contributed by atoms with Crippen LogP contribution in [0.4, 0.5) is 0 Å². The van der Waals surface area contributed by atoms with Gasteiger partial charge in [0, 0.05) is 0 Å². The number of aromatic carboxylic acids is 1. The highest BCUT2D eigenvalue weighted by Gasteiger charge is 2.34. The highest BCUT2D eigenvalue weighted by molar-refractivity contribution is 7.07. The van der Waals surface area contributed by atoms with E-state index in [4.69, 9.17) is 28.8 Å². The SMILES string of the molecule is CCOC(=O)C1=C(C)N=c2sc(=Cc3ccc(OCc4ccc(C(=O)O)cc4)cc3)c(=O)n2C1c1cc(OC)c(OC)c(OC)c1. The summed E-state index contributed by atoms with van der Waals surface area (Å²) in [6, 6.07) is 16.3. The van der Waals surface area contributed by atoms with Gasteiger partial charge in [-0.2, -0.15) is 0 Å². The van der Waals surface area contributed by atoms with Crippen LogP contribution in [0, 0.1) is 0 Å². The van der Waals surface area contributed by atoms with Crippen LogP contribution in [0.3, 0.4) is 0 Å². The average molecular weight is 645 g/mol. The zero-order chi connectivity index (χ0) is 33.0. The smallest absolute Gasteiger partial charge is 0.338 e. The van der Waals surface area contributed by atoms with E-state index < -0.39 is 18.0 Å². The van der Waals surface area contributed by atoms with Crippen LogP contribution in [0.2, 0.25) is 0 Å². The van der Waals surface area contributed by atoms with Crippen molar-refractivity contribution in [3.63, 3.8) is 0 Å². The van der Waals surface area contributed by atoms with Crippen molar-refractivity contribution in [1.82, 2.24) is 4.57 Å². The van der Waals surface area contributed by atoms with Gasteiger partial charge in [-0.3, -0.25) is 9.36 Å². The number of carbonyl (C=O) groups is 2. The molecule has 12 heteroatoms. The van der Waals surface area contributed by atoms with Crippen molar-refractivity contribution < 1.29 is 38.4 Å². The Labute approximate surface area is 268 Å². The van der Waals surface area contributed by atoms with Gasteiger partial charge in [0.25, 0.3) is 5.56 Å². The molecule has 11 nitrogen and oxygen atoms in total. The molecule has 0 aliphatic carbocycles. The maximum Gasteiger partial charge on any atom is 0.338 e. The Morgan fingerprint density at radius 2 is 1.63 bits per heavy atom. The highest BCUT2D eigenvalue weighted by atomic mass is 32.1. The molecule has 0 bridgehead atoms. The van der Waals surface area contributed by atoms with Crippen molar-refractivity contribution in [3.05, 3.63) is 114 Å². The van der Waals surface area contributed by atoms with E-state index in [2.05, 4.69) is 4.99 Å². The summed E-state index contributed by atoms with van der Waals surface area (Å²) in [7, 11) is 4.49. The van der Waals surface area contributed by atoms with E-state index in [9.17, 15) is 14.4 Å². The average Bonchev–Trinajstić information content (AvgIpc) is 3.36. The molecule has 0 fully saturated rings. The van der Waals surface area contributed by atoms with Crippen LogP contribution in [0.25, 0.3) is 6.08 Å². The minimum absolute atomic E-state index is 0.152. The first-order valence-corrected chi connectivity index (χ1v) is 15.0. The summed E-state index contributed by atoms with van der Waals surface area (Å²) in [6.45, 7) is 3.85. The third kappa shape index (κ3) is 6.38. The monoisotopic (exact) mass is 644 g/mol. The van der Waals surface area contributed by atoms with E-state index in [-0.39, 0.29) is 29.9 Å². The van der Waals surface area contributed by atoms with Crippen molar-refractivity contribution in [2.75, 3.05) is 27.9 Å². The number of thiazole rings is 1. The lowest BCUT2D eigenvalue weighted by Gasteiger charge is -2.26. The van der Waals surface area contributed by atoms with Crippen LogP contribution in [-0.2, 0) is 16.1 Å². The maximum atomic E-state index is 14.0. The van der Waals surface area contributed by atoms with Crippen LogP contribution in [0.1, 0.15) is 46.9 Å². The van der Waals surface area contributed by atoms with E-state index in [0.29, 0.717) is 43.6 Å². The van der Waals surface area contributed by atoms with Crippen LogP contribution in [0.15, 0.2) is 81.7 Å². The van der Waals surface area contributed by atoms with Gasteiger partial charge in [0.15, 0.2) is 16.3 Å². The number of benzene rings is 3. The molecule has 46 heavy (non-hydrogen) atoms. The predicted octanol–water partition coefficient (Wildman–Crippen LogP) is 4.10. The topological polar surface area (TPSA) is 135 Å². The van der Waals surface area contributed by atoms with Gasteiger partial charge in [-0.15, -0.1) is 0 Å². The summed E-state index contributed by atoms with van der Waals surface area (Å²) >= 11 is 1.21. The molecule has 3 aromatic carbocycles.